The molecule has 1 N–H and O–H groups in total. The Bertz CT molecular complexity index is 502. The molecule has 2 rings (SSSR count). The van der Waals surface area contributed by atoms with Crippen LogP contribution in [0.1, 0.15) is 49.0 Å². The van der Waals surface area contributed by atoms with E-state index in [1.54, 1.807) is 0 Å². The van der Waals surface area contributed by atoms with Crippen LogP contribution in [-0.4, -0.2) is 29.1 Å². The van der Waals surface area contributed by atoms with Crippen LogP contribution in [0.4, 0.5) is 4.39 Å². The predicted octanol–water partition coefficient (Wildman–Crippen LogP) is 3.78. The van der Waals surface area contributed by atoms with Gasteiger partial charge >= 0.3 is 5.97 Å². The smallest absolute Gasteiger partial charge is 0.336 e. The first kappa shape index (κ1) is 16.0. The van der Waals surface area contributed by atoms with Crippen LogP contribution in [0.5, 0.6) is 0 Å². The summed E-state index contributed by atoms with van der Waals surface area (Å²) < 4.78 is 13.4. The molecule has 0 radical (unpaired) electrons. The van der Waals surface area contributed by atoms with Crippen molar-refractivity contribution in [2.45, 2.75) is 39.7 Å². The molecule has 0 bridgehead atoms. The molecule has 0 aliphatic carbocycles. The first-order valence-electron chi connectivity index (χ1n) is 7.71. The molecule has 1 atom stereocenters. The Morgan fingerprint density at radius 2 is 2.14 bits per heavy atom. The number of aromatic carboxylic acids is 1. The van der Waals surface area contributed by atoms with Crippen LogP contribution in [0, 0.1) is 17.7 Å². The van der Waals surface area contributed by atoms with E-state index in [4.69, 9.17) is 0 Å². The van der Waals surface area contributed by atoms with Crippen LogP contribution < -0.4 is 0 Å². The zero-order chi connectivity index (χ0) is 15.4. The van der Waals surface area contributed by atoms with Crippen LogP contribution >= 0.6 is 0 Å². The maximum absolute atomic E-state index is 13.4. The van der Waals surface area contributed by atoms with Gasteiger partial charge in [-0.2, -0.15) is 0 Å². The molecular formula is C17H24FNO2. The van der Waals surface area contributed by atoms with Gasteiger partial charge in [-0.05, 0) is 68.0 Å². The highest BCUT2D eigenvalue weighted by atomic mass is 19.1. The van der Waals surface area contributed by atoms with Crippen LogP contribution in [0.15, 0.2) is 18.2 Å². The van der Waals surface area contributed by atoms with E-state index in [1.807, 2.05) is 0 Å². The van der Waals surface area contributed by atoms with Crippen molar-refractivity contribution in [1.82, 2.24) is 4.90 Å². The summed E-state index contributed by atoms with van der Waals surface area (Å²) in [4.78, 5) is 13.5. The molecule has 1 aliphatic rings. The lowest BCUT2D eigenvalue weighted by atomic mass is 9.89. The van der Waals surface area contributed by atoms with Gasteiger partial charge in [0.15, 0.2) is 0 Å². The van der Waals surface area contributed by atoms with Crippen molar-refractivity contribution in [3.05, 3.63) is 35.1 Å². The average molecular weight is 293 g/mol. The average Bonchev–Trinajstić information content (AvgIpc) is 2.64. The first-order chi connectivity index (χ1) is 9.97. The fourth-order valence-corrected chi connectivity index (χ4v) is 3.15. The van der Waals surface area contributed by atoms with Gasteiger partial charge in [0, 0.05) is 6.54 Å². The summed E-state index contributed by atoms with van der Waals surface area (Å²) in [5, 5.41) is 9.22. The SMILES string of the molecule is CC(C)C1CCCN(Cc2cc(F)ccc2C(=O)O)CC1. The van der Waals surface area contributed by atoms with E-state index in [9.17, 15) is 14.3 Å². The minimum absolute atomic E-state index is 0.209. The second kappa shape index (κ2) is 7.03. The number of halogens is 1. The lowest BCUT2D eigenvalue weighted by Gasteiger charge is -2.22. The molecule has 0 spiro atoms. The van der Waals surface area contributed by atoms with Crippen molar-refractivity contribution in [2.75, 3.05) is 13.1 Å². The number of rotatable bonds is 4. The molecule has 1 aromatic rings. The van der Waals surface area contributed by atoms with Gasteiger partial charge in [-0.1, -0.05) is 13.8 Å². The molecule has 1 fully saturated rings. The Morgan fingerprint density at radius 3 is 2.81 bits per heavy atom. The normalized spacial score (nSPS) is 20.5. The maximum atomic E-state index is 13.4. The molecular weight excluding hydrogens is 269 g/mol. The number of benzene rings is 1. The van der Waals surface area contributed by atoms with Crippen molar-refractivity contribution in [3.63, 3.8) is 0 Å². The van der Waals surface area contributed by atoms with Gasteiger partial charge in [0.25, 0.3) is 0 Å². The maximum Gasteiger partial charge on any atom is 0.336 e. The zero-order valence-electron chi connectivity index (χ0n) is 12.8. The van der Waals surface area contributed by atoms with Crippen molar-refractivity contribution in [2.24, 2.45) is 11.8 Å². The highest BCUT2D eigenvalue weighted by Crippen LogP contribution is 2.25. The molecule has 3 nitrogen and oxygen atoms in total. The zero-order valence-corrected chi connectivity index (χ0v) is 12.8. The van der Waals surface area contributed by atoms with Crippen LogP contribution in [0.2, 0.25) is 0 Å². The van der Waals surface area contributed by atoms with Crippen LogP contribution in [0.25, 0.3) is 0 Å². The number of hydrogen-bond acceptors (Lipinski definition) is 2. The van der Waals surface area contributed by atoms with Gasteiger partial charge < -0.3 is 5.11 Å². The Hall–Kier alpha value is -1.42. The molecule has 116 valence electrons. The van der Waals surface area contributed by atoms with E-state index in [0.717, 1.165) is 31.8 Å². The van der Waals surface area contributed by atoms with E-state index < -0.39 is 5.97 Å². The third-order valence-electron chi connectivity index (χ3n) is 4.50. The lowest BCUT2D eigenvalue weighted by Crippen LogP contribution is -2.25. The second-order valence-corrected chi connectivity index (χ2v) is 6.32. The number of hydrogen-bond donors (Lipinski definition) is 1. The van der Waals surface area contributed by atoms with Crippen LogP contribution in [-0.2, 0) is 6.54 Å². The third kappa shape index (κ3) is 4.27. The molecule has 21 heavy (non-hydrogen) atoms. The fraction of sp³-hybridized carbons (Fsp3) is 0.588. The standard InChI is InChI=1S/C17H24FNO2/c1-12(2)13-4-3-8-19(9-7-13)11-14-10-15(18)5-6-16(14)17(20)21/h5-6,10,12-13H,3-4,7-9,11H2,1-2H3,(H,20,21). The molecule has 4 heteroatoms. The molecule has 0 saturated carbocycles. The van der Waals surface area contributed by atoms with Crippen molar-refractivity contribution in [3.8, 4) is 0 Å². The summed E-state index contributed by atoms with van der Waals surface area (Å²) in [7, 11) is 0. The third-order valence-corrected chi connectivity index (χ3v) is 4.50. The summed E-state index contributed by atoms with van der Waals surface area (Å²) in [5.74, 6) is 0.0694. The highest BCUT2D eigenvalue weighted by molar-refractivity contribution is 5.89. The Labute approximate surface area is 125 Å². The van der Waals surface area contributed by atoms with Crippen molar-refractivity contribution < 1.29 is 14.3 Å². The number of carboxylic acid groups (broad SMARTS) is 1. The van der Waals surface area contributed by atoms with Gasteiger partial charge in [-0.15, -0.1) is 0 Å². The Balaban J connectivity index is 2.08. The van der Waals surface area contributed by atoms with E-state index in [1.165, 1.54) is 24.6 Å². The first-order valence-corrected chi connectivity index (χ1v) is 7.71. The van der Waals surface area contributed by atoms with Gasteiger partial charge in [-0.25, -0.2) is 9.18 Å². The number of likely N-dealkylation sites (tertiary alicyclic amines) is 1. The van der Waals surface area contributed by atoms with Gasteiger partial charge in [-0.3, -0.25) is 4.90 Å². The summed E-state index contributed by atoms with van der Waals surface area (Å²) in [6.07, 6.45) is 3.49. The van der Waals surface area contributed by atoms with Gasteiger partial charge in [0.05, 0.1) is 5.56 Å². The second-order valence-electron chi connectivity index (χ2n) is 6.32. The predicted molar refractivity (Wildman–Crippen MR) is 80.8 cm³/mol. The Kier molecular flexibility index (Phi) is 5.34. The number of nitrogens with zero attached hydrogens (tertiary/aromatic N) is 1. The molecule has 1 aliphatic heterocycles. The summed E-state index contributed by atoms with van der Waals surface area (Å²) in [6.45, 7) is 6.95. The summed E-state index contributed by atoms with van der Waals surface area (Å²) in [5.41, 5.74) is 0.784. The van der Waals surface area contributed by atoms with Crippen molar-refractivity contribution in [1.29, 1.82) is 0 Å². The number of carbonyl (C=O) groups is 1. The topological polar surface area (TPSA) is 40.5 Å². The highest BCUT2D eigenvalue weighted by Gasteiger charge is 2.21. The quantitative estimate of drug-likeness (QED) is 0.918. The monoisotopic (exact) mass is 293 g/mol. The molecule has 0 aromatic heterocycles. The molecule has 1 aromatic carbocycles. The van der Waals surface area contributed by atoms with Crippen molar-refractivity contribution >= 4 is 5.97 Å². The molecule has 1 heterocycles. The lowest BCUT2D eigenvalue weighted by molar-refractivity contribution is 0.0694. The summed E-state index contributed by atoms with van der Waals surface area (Å²) in [6, 6.07) is 3.93. The van der Waals surface area contributed by atoms with E-state index >= 15 is 0 Å². The van der Waals surface area contributed by atoms with Gasteiger partial charge in [0.1, 0.15) is 5.82 Å². The molecule has 0 amide bonds. The molecule has 1 saturated heterocycles. The van der Waals surface area contributed by atoms with E-state index in [0.29, 0.717) is 18.0 Å². The summed E-state index contributed by atoms with van der Waals surface area (Å²) >= 11 is 0. The van der Waals surface area contributed by atoms with Gasteiger partial charge in [0.2, 0.25) is 0 Å². The molecule has 1 unspecified atom stereocenters. The fourth-order valence-electron chi connectivity index (χ4n) is 3.15. The van der Waals surface area contributed by atoms with E-state index in [-0.39, 0.29) is 11.4 Å². The van der Waals surface area contributed by atoms with E-state index in [2.05, 4.69) is 18.7 Å². The van der Waals surface area contributed by atoms with Crippen LogP contribution in [0.3, 0.4) is 0 Å². The minimum atomic E-state index is -0.986. The minimum Gasteiger partial charge on any atom is -0.478 e. The number of carboxylic acids is 1. The Morgan fingerprint density at radius 1 is 1.38 bits per heavy atom. The largest absolute Gasteiger partial charge is 0.478 e.